The zero-order chi connectivity index (χ0) is 15.0. The fourth-order valence-corrected chi connectivity index (χ4v) is 3.95. The van der Waals surface area contributed by atoms with E-state index in [0.717, 1.165) is 18.2 Å². The molecule has 4 nitrogen and oxygen atoms in total. The molecule has 0 heterocycles. The van der Waals surface area contributed by atoms with Crippen molar-refractivity contribution in [2.75, 3.05) is 6.54 Å². The quantitative estimate of drug-likeness (QED) is 0.860. The van der Waals surface area contributed by atoms with E-state index in [2.05, 4.69) is 4.72 Å². The zero-order valence-electron chi connectivity index (χ0n) is 11.8. The van der Waals surface area contributed by atoms with Gasteiger partial charge in [-0.2, -0.15) is 0 Å². The second kappa shape index (κ2) is 6.72. The second-order valence-corrected chi connectivity index (χ2v) is 7.59. The van der Waals surface area contributed by atoms with Crippen molar-refractivity contribution in [2.45, 2.75) is 23.8 Å². The Kier molecular flexibility index (Phi) is 5.35. The van der Waals surface area contributed by atoms with Crippen LogP contribution in [0, 0.1) is 5.92 Å². The lowest BCUT2D eigenvalue weighted by Crippen LogP contribution is -2.38. The SMILES string of the molecule is Cl.NC(CNS(=O)(=O)c1ccc(Cl)c2ccccc12)C1CC1. The van der Waals surface area contributed by atoms with E-state index < -0.39 is 10.0 Å². The molecule has 120 valence electrons. The number of hydrogen-bond donors (Lipinski definition) is 2. The molecular formula is C15H18Cl2N2O2S. The standard InChI is InChI=1S/C15H17ClN2O2S.ClH/c16-13-7-8-15(12-4-2-1-3-11(12)13)21(19,20)18-9-14(17)10-5-6-10;/h1-4,7-8,10,14,18H,5-6,9,17H2;1H. The van der Waals surface area contributed by atoms with Crippen LogP contribution >= 0.6 is 24.0 Å². The first-order chi connectivity index (χ1) is 9.99. The molecule has 0 aromatic heterocycles. The number of halogens is 2. The number of nitrogens with one attached hydrogen (secondary N) is 1. The van der Waals surface area contributed by atoms with E-state index in [-0.39, 0.29) is 29.9 Å². The minimum Gasteiger partial charge on any atom is -0.326 e. The van der Waals surface area contributed by atoms with Gasteiger partial charge in [0.1, 0.15) is 0 Å². The van der Waals surface area contributed by atoms with Crippen LogP contribution in [0.5, 0.6) is 0 Å². The van der Waals surface area contributed by atoms with Crippen LogP contribution in [0.25, 0.3) is 10.8 Å². The molecule has 1 saturated carbocycles. The van der Waals surface area contributed by atoms with Gasteiger partial charge < -0.3 is 5.73 Å². The summed E-state index contributed by atoms with van der Waals surface area (Å²) in [6, 6.07) is 10.2. The summed E-state index contributed by atoms with van der Waals surface area (Å²) in [6.45, 7) is 0.268. The maximum absolute atomic E-state index is 12.5. The zero-order valence-corrected chi connectivity index (χ0v) is 14.2. The Morgan fingerprint density at radius 3 is 2.45 bits per heavy atom. The van der Waals surface area contributed by atoms with E-state index in [1.165, 1.54) is 6.07 Å². The Morgan fingerprint density at radius 1 is 1.18 bits per heavy atom. The number of sulfonamides is 1. The van der Waals surface area contributed by atoms with Crippen LogP contribution in [-0.2, 0) is 10.0 Å². The van der Waals surface area contributed by atoms with Crippen LogP contribution in [-0.4, -0.2) is 21.0 Å². The van der Waals surface area contributed by atoms with Crippen molar-refractivity contribution >= 4 is 44.8 Å². The monoisotopic (exact) mass is 360 g/mol. The summed E-state index contributed by atoms with van der Waals surface area (Å²) in [7, 11) is -3.59. The van der Waals surface area contributed by atoms with Gasteiger partial charge in [-0.3, -0.25) is 0 Å². The summed E-state index contributed by atoms with van der Waals surface area (Å²) < 4.78 is 27.6. The van der Waals surface area contributed by atoms with Crippen LogP contribution in [0.4, 0.5) is 0 Å². The van der Waals surface area contributed by atoms with Gasteiger partial charge in [-0.1, -0.05) is 35.9 Å². The van der Waals surface area contributed by atoms with Crippen molar-refractivity contribution in [3.05, 3.63) is 41.4 Å². The molecule has 2 aromatic carbocycles. The molecule has 1 aliphatic rings. The third kappa shape index (κ3) is 3.55. The van der Waals surface area contributed by atoms with Gasteiger partial charge in [0.2, 0.25) is 10.0 Å². The Morgan fingerprint density at radius 2 is 1.82 bits per heavy atom. The van der Waals surface area contributed by atoms with E-state index in [4.69, 9.17) is 17.3 Å². The maximum Gasteiger partial charge on any atom is 0.241 e. The molecule has 0 aliphatic heterocycles. The molecule has 1 unspecified atom stereocenters. The highest BCUT2D eigenvalue weighted by molar-refractivity contribution is 7.89. The van der Waals surface area contributed by atoms with Crippen LogP contribution in [0.3, 0.4) is 0 Å². The molecule has 0 spiro atoms. The number of benzene rings is 2. The van der Waals surface area contributed by atoms with Crippen molar-refractivity contribution in [3.8, 4) is 0 Å². The molecule has 7 heteroatoms. The molecule has 1 fully saturated rings. The molecule has 3 N–H and O–H groups in total. The van der Waals surface area contributed by atoms with Crippen LogP contribution in [0.2, 0.25) is 5.02 Å². The topological polar surface area (TPSA) is 72.2 Å². The van der Waals surface area contributed by atoms with Gasteiger partial charge in [0, 0.05) is 28.4 Å². The summed E-state index contributed by atoms with van der Waals surface area (Å²) in [5, 5.41) is 1.89. The maximum atomic E-state index is 12.5. The lowest BCUT2D eigenvalue weighted by atomic mass is 10.1. The van der Waals surface area contributed by atoms with Gasteiger partial charge >= 0.3 is 0 Å². The minimum atomic E-state index is -3.59. The fraction of sp³-hybridized carbons (Fsp3) is 0.333. The molecule has 1 atom stereocenters. The molecule has 22 heavy (non-hydrogen) atoms. The third-order valence-corrected chi connectivity index (χ3v) is 5.67. The van der Waals surface area contributed by atoms with Gasteiger partial charge in [0.05, 0.1) is 4.90 Å². The van der Waals surface area contributed by atoms with Crippen LogP contribution in [0.1, 0.15) is 12.8 Å². The summed E-state index contributed by atoms with van der Waals surface area (Å²) >= 11 is 6.12. The number of nitrogens with two attached hydrogens (primary N) is 1. The molecule has 0 bridgehead atoms. The summed E-state index contributed by atoms with van der Waals surface area (Å²) in [6.07, 6.45) is 2.18. The van der Waals surface area contributed by atoms with Gasteiger partial charge in [-0.25, -0.2) is 13.1 Å². The highest BCUT2D eigenvalue weighted by Crippen LogP contribution is 2.32. The van der Waals surface area contributed by atoms with E-state index in [9.17, 15) is 8.42 Å². The highest BCUT2D eigenvalue weighted by Gasteiger charge is 2.29. The van der Waals surface area contributed by atoms with Gasteiger partial charge in [0.15, 0.2) is 0 Å². The number of rotatable bonds is 5. The first kappa shape index (κ1) is 17.5. The van der Waals surface area contributed by atoms with Crippen molar-refractivity contribution in [1.29, 1.82) is 0 Å². The van der Waals surface area contributed by atoms with Gasteiger partial charge in [0.25, 0.3) is 0 Å². The fourth-order valence-electron chi connectivity index (χ4n) is 2.44. The second-order valence-electron chi connectivity index (χ2n) is 5.44. The van der Waals surface area contributed by atoms with Crippen molar-refractivity contribution in [2.24, 2.45) is 11.7 Å². The lowest BCUT2D eigenvalue weighted by Gasteiger charge is -2.14. The molecule has 1 aliphatic carbocycles. The molecule has 0 saturated heterocycles. The normalized spacial score (nSPS) is 16.3. The van der Waals surface area contributed by atoms with E-state index in [1.807, 2.05) is 12.1 Å². The van der Waals surface area contributed by atoms with Crippen LogP contribution in [0.15, 0.2) is 41.3 Å². The lowest BCUT2D eigenvalue weighted by molar-refractivity contribution is 0.548. The van der Waals surface area contributed by atoms with E-state index in [0.29, 0.717) is 16.3 Å². The average Bonchev–Trinajstić information content (AvgIpc) is 3.30. The van der Waals surface area contributed by atoms with E-state index >= 15 is 0 Å². The molecule has 0 radical (unpaired) electrons. The minimum absolute atomic E-state index is 0. The van der Waals surface area contributed by atoms with Gasteiger partial charge in [-0.15, -0.1) is 12.4 Å². The first-order valence-corrected chi connectivity index (χ1v) is 8.77. The predicted molar refractivity (Wildman–Crippen MR) is 92.1 cm³/mol. The van der Waals surface area contributed by atoms with Crippen molar-refractivity contribution in [3.63, 3.8) is 0 Å². The van der Waals surface area contributed by atoms with Gasteiger partial charge in [-0.05, 0) is 30.9 Å². The smallest absolute Gasteiger partial charge is 0.241 e. The predicted octanol–water partition coefficient (Wildman–Crippen LogP) is 2.93. The summed E-state index contributed by atoms with van der Waals surface area (Å²) in [5.74, 6) is 0.453. The highest BCUT2D eigenvalue weighted by atomic mass is 35.5. The summed E-state index contributed by atoms with van der Waals surface area (Å²) in [5.41, 5.74) is 5.95. The van der Waals surface area contributed by atoms with E-state index in [1.54, 1.807) is 18.2 Å². The Balaban J connectivity index is 0.00000176. The third-order valence-electron chi connectivity index (χ3n) is 3.86. The number of hydrogen-bond acceptors (Lipinski definition) is 3. The van der Waals surface area contributed by atoms with Crippen LogP contribution < -0.4 is 10.5 Å². The largest absolute Gasteiger partial charge is 0.326 e. The molecular weight excluding hydrogens is 343 g/mol. The first-order valence-electron chi connectivity index (χ1n) is 6.91. The molecule has 2 aromatic rings. The molecule has 0 amide bonds. The Bertz CT molecular complexity index is 776. The average molecular weight is 361 g/mol. The Hall–Kier alpha value is -0.850. The number of fused-ring (bicyclic) bond motifs is 1. The van der Waals surface area contributed by atoms with Crippen molar-refractivity contribution < 1.29 is 8.42 Å². The Labute approximate surface area is 141 Å². The van der Waals surface area contributed by atoms with Crippen molar-refractivity contribution in [1.82, 2.24) is 4.72 Å². The molecule has 3 rings (SSSR count). The summed E-state index contributed by atoms with van der Waals surface area (Å²) in [4.78, 5) is 0.241.